The second-order valence-electron chi connectivity index (χ2n) is 5.71. The van der Waals surface area contributed by atoms with Gasteiger partial charge in [0.2, 0.25) is 3.79 Å². The van der Waals surface area contributed by atoms with Crippen LogP contribution in [0.15, 0.2) is 48.5 Å². The number of para-hydroxylation sites is 1. The van der Waals surface area contributed by atoms with Crippen molar-refractivity contribution in [1.82, 2.24) is 10.6 Å². The van der Waals surface area contributed by atoms with Crippen molar-refractivity contribution in [2.45, 2.75) is 16.9 Å². The van der Waals surface area contributed by atoms with E-state index in [0.29, 0.717) is 5.56 Å². The Morgan fingerprint density at radius 1 is 1.00 bits per heavy atom. The summed E-state index contributed by atoms with van der Waals surface area (Å²) in [6.07, 6.45) is -1.18. The van der Waals surface area contributed by atoms with E-state index in [1.165, 1.54) is 12.1 Å². The number of carbonyl (C=O) groups excluding carboxylic acids is 1. The van der Waals surface area contributed by atoms with Gasteiger partial charge < -0.3 is 21.1 Å². The number of halogens is 3. The third kappa shape index (κ3) is 5.97. The highest BCUT2D eigenvalue weighted by molar-refractivity contribution is 7.80. The molecule has 0 aliphatic carbocycles. The molecule has 0 unspecified atom stereocenters. The summed E-state index contributed by atoms with van der Waals surface area (Å²) in [4.78, 5) is 23.8. The summed E-state index contributed by atoms with van der Waals surface area (Å²) in [6.45, 7) is 1.78. The van der Waals surface area contributed by atoms with Crippen molar-refractivity contribution in [2.75, 3.05) is 5.32 Å². The van der Waals surface area contributed by atoms with E-state index in [1.54, 1.807) is 43.3 Å². The van der Waals surface area contributed by atoms with Crippen LogP contribution in [0.4, 0.5) is 5.69 Å². The molecular formula is C18H16Cl3N3O3S. The standard InChI is InChI=1S/C18H16Cl3N3O3S/c1-10-6-2-3-7-11(10)14(25)23-16(18(19,20)21)24-17(28)22-13-9-5-4-8-12(13)15(26)27/h2-9,16H,1H3,(H,23,25)(H,26,27)(H2,22,24,28)/t16-/m0/s1. The molecule has 6 nitrogen and oxygen atoms in total. The first-order chi connectivity index (χ1) is 13.1. The highest BCUT2D eigenvalue weighted by Gasteiger charge is 2.35. The Morgan fingerprint density at radius 2 is 1.57 bits per heavy atom. The Hall–Kier alpha value is -2.06. The maximum atomic E-state index is 12.5. The SMILES string of the molecule is Cc1ccccc1C(=O)N[C@@H](NC(=S)Nc1ccccc1C(=O)O)C(Cl)(Cl)Cl. The second kappa shape index (κ2) is 9.43. The predicted octanol–water partition coefficient (Wildman–Crippen LogP) is 4.11. The molecule has 0 aromatic heterocycles. The van der Waals surface area contributed by atoms with Crippen molar-refractivity contribution < 1.29 is 14.7 Å². The van der Waals surface area contributed by atoms with Gasteiger partial charge >= 0.3 is 5.97 Å². The fourth-order valence-corrected chi connectivity index (χ4v) is 2.86. The molecule has 0 heterocycles. The van der Waals surface area contributed by atoms with Crippen LogP contribution in [0.25, 0.3) is 0 Å². The van der Waals surface area contributed by atoms with Gasteiger partial charge in [-0.1, -0.05) is 65.1 Å². The highest BCUT2D eigenvalue weighted by atomic mass is 35.6. The van der Waals surface area contributed by atoms with E-state index >= 15 is 0 Å². The lowest BCUT2D eigenvalue weighted by atomic mass is 10.1. The first kappa shape index (κ1) is 22.2. The smallest absolute Gasteiger partial charge is 0.337 e. The van der Waals surface area contributed by atoms with Crippen LogP contribution in [-0.2, 0) is 0 Å². The molecule has 2 rings (SSSR count). The number of alkyl halides is 3. The number of carboxylic acids is 1. The number of anilines is 1. The molecule has 2 aromatic rings. The summed E-state index contributed by atoms with van der Waals surface area (Å²) in [7, 11) is 0. The van der Waals surface area contributed by atoms with Gasteiger partial charge in [0.05, 0.1) is 11.3 Å². The Balaban J connectivity index is 2.15. The van der Waals surface area contributed by atoms with Crippen molar-refractivity contribution >= 4 is 69.7 Å². The van der Waals surface area contributed by atoms with Gasteiger partial charge in [-0.25, -0.2) is 4.79 Å². The number of hydrogen-bond donors (Lipinski definition) is 4. The Bertz CT molecular complexity index is 903. The van der Waals surface area contributed by atoms with Crippen LogP contribution in [0.1, 0.15) is 26.3 Å². The molecule has 0 spiro atoms. The summed E-state index contributed by atoms with van der Waals surface area (Å²) in [6, 6.07) is 13.1. The number of thiocarbonyl (C=S) groups is 1. The first-order valence-corrected chi connectivity index (χ1v) is 9.47. The molecule has 10 heteroatoms. The van der Waals surface area contributed by atoms with E-state index in [9.17, 15) is 14.7 Å². The topological polar surface area (TPSA) is 90.5 Å². The van der Waals surface area contributed by atoms with Crippen LogP contribution in [0.3, 0.4) is 0 Å². The van der Waals surface area contributed by atoms with Crippen LogP contribution in [0.5, 0.6) is 0 Å². The minimum atomic E-state index is -1.93. The van der Waals surface area contributed by atoms with Gasteiger partial charge in [0, 0.05) is 5.56 Å². The van der Waals surface area contributed by atoms with Crippen molar-refractivity contribution in [3.63, 3.8) is 0 Å². The van der Waals surface area contributed by atoms with Gasteiger partial charge in [0.25, 0.3) is 5.91 Å². The normalized spacial score (nSPS) is 12.0. The van der Waals surface area contributed by atoms with Gasteiger partial charge in [-0.2, -0.15) is 0 Å². The number of aromatic carboxylic acids is 1. The molecule has 4 N–H and O–H groups in total. The zero-order valence-electron chi connectivity index (χ0n) is 14.5. The van der Waals surface area contributed by atoms with Gasteiger partial charge in [-0.3, -0.25) is 4.79 Å². The largest absolute Gasteiger partial charge is 0.478 e. The first-order valence-electron chi connectivity index (χ1n) is 7.92. The average molecular weight is 461 g/mol. The number of carbonyl (C=O) groups is 2. The number of rotatable bonds is 5. The van der Waals surface area contributed by atoms with Gasteiger partial charge in [0.1, 0.15) is 6.17 Å². The molecule has 0 aliphatic heterocycles. The Labute approximate surface area is 182 Å². The molecule has 0 saturated heterocycles. The van der Waals surface area contributed by atoms with Crippen molar-refractivity contribution in [3.8, 4) is 0 Å². The average Bonchev–Trinajstić information content (AvgIpc) is 2.60. The zero-order valence-corrected chi connectivity index (χ0v) is 17.6. The number of amides is 1. The third-order valence-corrected chi connectivity index (χ3v) is 4.55. The molecule has 0 saturated carbocycles. The number of benzene rings is 2. The van der Waals surface area contributed by atoms with Crippen LogP contribution in [-0.4, -0.2) is 32.1 Å². The van der Waals surface area contributed by atoms with Crippen LogP contribution in [0.2, 0.25) is 0 Å². The summed E-state index contributed by atoms with van der Waals surface area (Å²) < 4.78 is -1.93. The lowest BCUT2D eigenvalue weighted by molar-refractivity contribution is 0.0697. The number of nitrogens with one attached hydrogen (secondary N) is 3. The Kier molecular flexibility index (Phi) is 7.48. The van der Waals surface area contributed by atoms with Crippen molar-refractivity contribution in [3.05, 3.63) is 65.2 Å². The van der Waals surface area contributed by atoms with Crippen LogP contribution < -0.4 is 16.0 Å². The maximum Gasteiger partial charge on any atom is 0.337 e. The van der Waals surface area contributed by atoms with Crippen LogP contribution >= 0.6 is 47.0 Å². The Morgan fingerprint density at radius 3 is 2.14 bits per heavy atom. The molecule has 0 aliphatic rings. The molecule has 0 radical (unpaired) electrons. The third-order valence-electron chi connectivity index (χ3n) is 3.67. The lowest BCUT2D eigenvalue weighted by Gasteiger charge is -2.28. The van der Waals surface area contributed by atoms with E-state index in [-0.39, 0.29) is 16.4 Å². The van der Waals surface area contributed by atoms with Crippen molar-refractivity contribution in [2.24, 2.45) is 0 Å². The molecule has 0 fully saturated rings. The highest BCUT2D eigenvalue weighted by Crippen LogP contribution is 2.29. The molecule has 1 atom stereocenters. The summed E-state index contributed by atoms with van der Waals surface area (Å²) in [5.74, 6) is -1.59. The molecular weight excluding hydrogens is 445 g/mol. The molecule has 0 bridgehead atoms. The second-order valence-corrected chi connectivity index (χ2v) is 8.49. The number of aryl methyl sites for hydroxylation is 1. The summed E-state index contributed by atoms with van der Waals surface area (Å²) >= 11 is 23.1. The molecule has 28 heavy (non-hydrogen) atoms. The van der Waals surface area contributed by atoms with Crippen LogP contribution in [0, 0.1) is 6.92 Å². The predicted molar refractivity (Wildman–Crippen MR) is 115 cm³/mol. The summed E-state index contributed by atoms with van der Waals surface area (Å²) in [5, 5.41) is 17.2. The molecule has 2 aromatic carbocycles. The molecule has 1 amide bonds. The lowest BCUT2D eigenvalue weighted by Crippen LogP contribution is -2.56. The van der Waals surface area contributed by atoms with E-state index in [2.05, 4.69) is 16.0 Å². The quantitative estimate of drug-likeness (QED) is 0.305. The van der Waals surface area contributed by atoms with E-state index in [4.69, 9.17) is 47.0 Å². The minimum absolute atomic E-state index is 0.0148. The van der Waals surface area contributed by atoms with E-state index in [1.807, 2.05) is 0 Å². The fourth-order valence-electron chi connectivity index (χ4n) is 2.30. The maximum absolute atomic E-state index is 12.5. The monoisotopic (exact) mass is 459 g/mol. The van der Waals surface area contributed by atoms with Gasteiger partial charge in [0.15, 0.2) is 5.11 Å². The van der Waals surface area contributed by atoms with E-state index in [0.717, 1.165) is 5.56 Å². The fraction of sp³-hybridized carbons (Fsp3) is 0.167. The van der Waals surface area contributed by atoms with E-state index < -0.39 is 21.8 Å². The number of carboxylic acid groups (broad SMARTS) is 1. The summed E-state index contributed by atoms with van der Waals surface area (Å²) in [5.41, 5.74) is 1.43. The van der Waals surface area contributed by atoms with Crippen molar-refractivity contribution in [1.29, 1.82) is 0 Å². The number of hydrogen-bond acceptors (Lipinski definition) is 3. The molecule has 148 valence electrons. The zero-order chi connectivity index (χ0) is 20.9. The minimum Gasteiger partial charge on any atom is -0.478 e. The van der Waals surface area contributed by atoms with Gasteiger partial charge in [-0.05, 0) is 42.9 Å². The van der Waals surface area contributed by atoms with Gasteiger partial charge in [-0.15, -0.1) is 0 Å².